The summed E-state index contributed by atoms with van der Waals surface area (Å²) in [5, 5.41) is 5.28. The molecule has 1 heteroatoms. The monoisotopic (exact) mass is 761 g/mol. The van der Waals surface area contributed by atoms with Crippen molar-refractivity contribution in [2.24, 2.45) is 47.3 Å². The lowest BCUT2D eigenvalue weighted by Crippen LogP contribution is -2.55. The summed E-state index contributed by atoms with van der Waals surface area (Å²) < 4.78 is 0. The molecule has 1 nitrogen and oxygen atoms in total. The van der Waals surface area contributed by atoms with Crippen molar-refractivity contribution >= 4 is 38.6 Å². The number of anilines is 3. The molecule has 0 heterocycles. The summed E-state index contributed by atoms with van der Waals surface area (Å²) in [6, 6.07) is 55.5. The second kappa shape index (κ2) is 11.4. The van der Waals surface area contributed by atoms with Crippen LogP contribution in [0, 0.1) is 47.3 Å². The van der Waals surface area contributed by atoms with Gasteiger partial charge < -0.3 is 4.90 Å². The van der Waals surface area contributed by atoms with Crippen LogP contribution in [0.25, 0.3) is 43.8 Å². The Bertz CT molecular complexity index is 2890. The molecule has 8 saturated carbocycles. The van der Waals surface area contributed by atoms with E-state index in [9.17, 15) is 0 Å². The topological polar surface area (TPSA) is 3.24 Å². The first-order valence-electron chi connectivity index (χ1n) is 23.4. The Balaban J connectivity index is 0.990. The van der Waals surface area contributed by atoms with E-state index >= 15 is 0 Å². The third kappa shape index (κ3) is 4.00. The second-order valence-corrected chi connectivity index (χ2v) is 20.9. The molecule has 17 rings (SSSR count). The Morgan fingerprint density at radius 1 is 0.356 bits per heavy atom. The van der Waals surface area contributed by atoms with E-state index in [1.54, 1.807) is 22.3 Å². The van der Waals surface area contributed by atoms with Gasteiger partial charge in [-0.15, -0.1) is 0 Å². The molecule has 8 fully saturated rings. The van der Waals surface area contributed by atoms with Gasteiger partial charge >= 0.3 is 0 Å². The van der Waals surface area contributed by atoms with Crippen LogP contribution in [0.5, 0.6) is 0 Å². The maximum atomic E-state index is 2.72. The van der Waals surface area contributed by atoms with Crippen LogP contribution in [0.15, 0.2) is 140 Å². The minimum atomic E-state index is 0.124. The molecular weight excluding hydrogens is 711 g/mol. The molecule has 0 aliphatic heterocycles. The highest BCUT2D eigenvalue weighted by Gasteiger charge is 2.63. The summed E-state index contributed by atoms with van der Waals surface area (Å²) in [4.78, 5) is 2.71. The Morgan fingerprint density at radius 2 is 0.864 bits per heavy atom. The van der Waals surface area contributed by atoms with Gasteiger partial charge in [0.15, 0.2) is 0 Å². The quantitative estimate of drug-likeness (QED) is 0.162. The third-order valence-electron chi connectivity index (χ3n) is 18.6. The van der Waals surface area contributed by atoms with E-state index in [1.165, 1.54) is 125 Å². The smallest absolute Gasteiger partial charge is 0.0543 e. The first kappa shape index (κ1) is 32.7. The highest BCUT2D eigenvalue weighted by atomic mass is 15.1. The number of fused-ring (bicyclic) bond motifs is 9. The molecule has 10 aliphatic carbocycles. The molecule has 2 spiro atoms. The summed E-state index contributed by atoms with van der Waals surface area (Å²) in [5.74, 6) is 6.69. The van der Waals surface area contributed by atoms with Crippen LogP contribution in [-0.2, 0) is 10.8 Å². The predicted molar refractivity (Wildman–Crippen MR) is 243 cm³/mol. The highest BCUT2D eigenvalue weighted by molar-refractivity contribution is 6.09. The number of benzene rings is 7. The standard InChI is InChI=1S/C58H51N/c1-2-9-46-38(8-1)16-17-39-32-44(18-20-47(39)46)59(45-19-21-49-48-10-3-5-12-51(48)58(54(49)33-45)42-28-36-23-37(30-42)31-43(58)29-36)55-15-7-14-53-56(55)50-11-4-6-13-52(50)57(53)40-24-34-22-35(26-40)27-41(57)25-34/h1-21,32-37,40-43H,22-31H2. The van der Waals surface area contributed by atoms with Crippen LogP contribution in [-0.4, -0.2) is 0 Å². The largest absolute Gasteiger partial charge is 0.310 e. The number of hydrogen-bond donors (Lipinski definition) is 0. The van der Waals surface area contributed by atoms with Crippen LogP contribution < -0.4 is 4.90 Å². The van der Waals surface area contributed by atoms with E-state index in [2.05, 4.69) is 144 Å². The molecule has 7 aromatic carbocycles. The summed E-state index contributed by atoms with van der Waals surface area (Å²) in [7, 11) is 0. The van der Waals surface area contributed by atoms with Gasteiger partial charge in [-0.05, 0) is 202 Å². The van der Waals surface area contributed by atoms with Gasteiger partial charge in [-0.3, -0.25) is 0 Å². The van der Waals surface area contributed by atoms with E-state index in [0.29, 0.717) is 0 Å². The van der Waals surface area contributed by atoms with Crippen molar-refractivity contribution in [3.05, 3.63) is 162 Å². The number of rotatable bonds is 3. The minimum Gasteiger partial charge on any atom is -0.310 e. The molecule has 0 N–H and O–H groups in total. The summed E-state index contributed by atoms with van der Waals surface area (Å²) in [6.07, 6.45) is 14.2. The summed E-state index contributed by atoms with van der Waals surface area (Å²) in [6.45, 7) is 0. The van der Waals surface area contributed by atoms with Gasteiger partial charge in [-0.25, -0.2) is 0 Å². The predicted octanol–water partition coefficient (Wildman–Crippen LogP) is 14.9. The van der Waals surface area contributed by atoms with Crippen molar-refractivity contribution in [2.45, 2.75) is 75.0 Å². The van der Waals surface area contributed by atoms with Crippen LogP contribution in [0.3, 0.4) is 0 Å². The Hall–Kier alpha value is -5.14. The zero-order chi connectivity index (χ0) is 38.2. The number of hydrogen-bond acceptors (Lipinski definition) is 1. The van der Waals surface area contributed by atoms with Crippen molar-refractivity contribution in [1.29, 1.82) is 0 Å². The molecule has 0 unspecified atom stereocenters. The molecule has 7 aromatic rings. The van der Waals surface area contributed by atoms with Crippen LogP contribution >= 0.6 is 0 Å². The van der Waals surface area contributed by atoms with Crippen LogP contribution in [0.2, 0.25) is 0 Å². The van der Waals surface area contributed by atoms with Gasteiger partial charge in [0.1, 0.15) is 0 Å². The Labute approximate surface area is 348 Å². The number of nitrogens with zero attached hydrogens (tertiary/aromatic N) is 1. The fraction of sp³-hybridized carbons (Fsp3) is 0.345. The molecule has 0 amide bonds. The zero-order valence-electron chi connectivity index (χ0n) is 33.9. The third-order valence-corrected chi connectivity index (χ3v) is 18.6. The average molecular weight is 762 g/mol. The van der Waals surface area contributed by atoms with E-state index in [1.807, 2.05) is 0 Å². The lowest BCUT2D eigenvalue weighted by Gasteiger charge is -2.61. The van der Waals surface area contributed by atoms with E-state index in [0.717, 1.165) is 47.3 Å². The SMILES string of the molecule is c1ccc2c(c1)-c1ccc(N(c3ccc4c(ccc5ccccc54)c3)c3cccc4c3-c3ccccc3C43C4CC5CC(C4)CC3C5)cc1C21C2CC3CC(C2)CC1C3. The van der Waals surface area contributed by atoms with Crippen molar-refractivity contribution in [3.8, 4) is 22.3 Å². The van der Waals surface area contributed by atoms with E-state index < -0.39 is 0 Å². The van der Waals surface area contributed by atoms with Crippen molar-refractivity contribution in [1.82, 2.24) is 0 Å². The highest BCUT2D eigenvalue weighted by Crippen LogP contribution is 2.72. The van der Waals surface area contributed by atoms with E-state index in [4.69, 9.17) is 0 Å². The van der Waals surface area contributed by atoms with Gasteiger partial charge in [0.05, 0.1) is 5.69 Å². The maximum Gasteiger partial charge on any atom is 0.0543 e. The molecule has 0 atom stereocenters. The van der Waals surface area contributed by atoms with Crippen molar-refractivity contribution < 1.29 is 0 Å². The van der Waals surface area contributed by atoms with E-state index in [-0.39, 0.29) is 10.8 Å². The van der Waals surface area contributed by atoms with Crippen LogP contribution in [0.1, 0.15) is 86.5 Å². The molecule has 8 bridgehead atoms. The lowest BCUT2D eigenvalue weighted by atomic mass is 9.43. The fourth-order valence-electron chi connectivity index (χ4n) is 17.2. The van der Waals surface area contributed by atoms with Gasteiger partial charge in [0, 0.05) is 27.8 Å². The Kier molecular flexibility index (Phi) is 6.29. The van der Waals surface area contributed by atoms with Crippen molar-refractivity contribution in [3.63, 3.8) is 0 Å². The second-order valence-electron chi connectivity index (χ2n) is 20.9. The van der Waals surface area contributed by atoms with Crippen LogP contribution in [0.4, 0.5) is 17.1 Å². The first-order valence-corrected chi connectivity index (χ1v) is 23.4. The maximum absolute atomic E-state index is 2.72. The minimum absolute atomic E-state index is 0.124. The first-order chi connectivity index (χ1) is 29.2. The summed E-state index contributed by atoms with van der Waals surface area (Å²) in [5.41, 5.74) is 16.7. The molecule has 0 saturated heterocycles. The average Bonchev–Trinajstić information content (AvgIpc) is 3.73. The summed E-state index contributed by atoms with van der Waals surface area (Å²) >= 11 is 0. The molecular formula is C58H51N. The zero-order valence-corrected chi connectivity index (χ0v) is 33.9. The molecule has 10 aliphatic rings. The van der Waals surface area contributed by atoms with Gasteiger partial charge in [-0.1, -0.05) is 109 Å². The molecule has 0 aromatic heterocycles. The fourth-order valence-corrected chi connectivity index (χ4v) is 17.2. The molecule has 0 radical (unpaired) electrons. The molecule has 288 valence electrons. The van der Waals surface area contributed by atoms with Crippen molar-refractivity contribution in [2.75, 3.05) is 4.90 Å². The Morgan fingerprint density at radius 3 is 1.58 bits per heavy atom. The van der Waals surface area contributed by atoms with Gasteiger partial charge in [0.25, 0.3) is 0 Å². The lowest BCUT2D eigenvalue weighted by molar-refractivity contribution is -0.0399. The normalized spacial score (nSPS) is 33.2. The van der Waals surface area contributed by atoms with Gasteiger partial charge in [0.2, 0.25) is 0 Å². The van der Waals surface area contributed by atoms with Gasteiger partial charge in [-0.2, -0.15) is 0 Å². The molecule has 59 heavy (non-hydrogen) atoms.